The summed E-state index contributed by atoms with van der Waals surface area (Å²) in [6, 6.07) is 6.54. The summed E-state index contributed by atoms with van der Waals surface area (Å²) in [5.41, 5.74) is 5.23. The van der Waals surface area contributed by atoms with Gasteiger partial charge in [0.25, 0.3) is 0 Å². The molecule has 194 valence electrons. The number of aliphatic hydroxyl groups is 1. The highest BCUT2D eigenvalue weighted by atomic mass is 16.3. The van der Waals surface area contributed by atoms with Crippen molar-refractivity contribution >= 4 is 7.12 Å². The molecule has 8 heteroatoms. The van der Waals surface area contributed by atoms with Gasteiger partial charge < -0.3 is 18.9 Å². The van der Waals surface area contributed by atoms with Gasteiger partial charge in [-0.25, -0.2) is 15.3 Å². The van der Waals surface area contributed by atoms with E-state index in [1.54, 1.807) is 13.8 Å². The van der Waals surface area contributed by atoms with E-state index in [4.69, 9.17) is 15.3 Å². The monoisotopic (exact) mass is 481 g/mol. The van der Waals surface area contributed by atoms with Crippen LogP contribution in [0.2, 0.25) is 0 Å². The van der Waals surface area contributed by atoms with Crippen molar-refractivity contribution in [3.63, 3.8) is 0 Å². The van der Waals surface area contributed by atoms with Crippen LogP contribution in [0, 0.1) is 0 Å². The van der Waals surface area contributed by atoms with Crippen LogP contribution in [-0.4, -0.2) is 41.3 Å². The van der Waals surface area contributed by atoms with E-state index in [9.17, 15) is 5.11 Å². The molecule has 1 N–H and O–H groups in total. The molecule has 0 radical (unpaired) electrons. The molecule has 3 rings (SSSR count). The zero-order valence-corrected chi connectivity index (χ0v) is 24.0. The Morgan fingerprint density at radius 3 is 1.26 bits per heavy atom. The lowest BCUT2D eigenvalue weighted by Crippen LogP contribution is -2.47. The quantitative estimate of drug-likeness (QED) is 0.393. The predicted octanol–water partition coefficient (Wildman–Crippen LogP) is 5.78. The van der Waals surface area contributed by atoms with Crippen molar-refractivity contribution in [2.24, 2.45) is 0 Å². The van der Waals surface area contributed by atoms with Gasteiger partial charge in [0, 0.05) is 17.1 Å². The molecule has 0 bridgehead atoms. The van der Waals surface area contributed by atoms with Gasteiger partial charge in [0.15, 0.2) is 0 Å². The molecule has 3 heterocycles. The number of rotatable bonds is 9. The molecule has 0 saturated carbocycles. The SMILES string of the molecule is CC(C)c1cc(C(C)C)n([BH-](n2nc(C(C)C)cc2C(C)C)n2nc(C(C)(C)O)cc2C(C)C)n1. The van der Waals surface area contributed by atoms with Gasteiger partial charge in [-0.2, -0.15) is 0 Å². The average molecular weight is 482 g/mol. The normalized spacial score (nSPS) is 13.1. The summed E-state index contributed by atoms with van der Waals surface area (Å²) >= 11 is 0. The second-order valence-corrected chi connectivity index (χ2v) is 12.2. The Labute approximate surface area is 212 Å². The fraction of sp³-hybridized carbons (Fsp3) is 0.667. The van der Waals surface area contributed by atoms with Gasteiger partial charge >= 0.3 is 7.12 Å². The van der Waals surface area contributed by atoms with Crippen LogP contribution in [0.3, 0.4) is 0 Å². The summed E-state index contributed by atoms with van der Waals surface area (Å²) in [5, 5.41) is 26.3. The summed E-state index contributed by atoms with van der Waals surface area (Å²) in [5.74, 6) is 1.44. The first-order valence-electron chi connectivity index (χ1n) is 13.3. The van der Waals surface area contributed by atoms with E-state index in [1.807, 2.05) is 0 Å². The maximum atomic E-state index is 10.9. The van der Waals surface area contributed by atoms with Gasteiger partial charge in [-0.05, 0) is 61.6 Å². The summed E-state index contributed by atoms with van der Waals surface area (Å²) < 4.78 is 6.50. The fourth-order valence-corrected chi connectivity index (χ4v) is 4.65. The molecular weight excluding hydrogens is 435 g/mol. The standard InChI is InChI=1S/C27H46BN6O/c1-16(2)21-13-23(18(5)6)32(29-21)28(33-24(19(7)8)14-22(30-33)17(3)4)34-25(20(9)10)15-26(31-34)27(11,12)35/h13-20,28,35H,1-12H3/q-1. The van der Waals surface area contributed by atoms with Crippen molar-refractivity contribution in [3.05, 3.63) is 52.4 Å². The Morgan fingerprint density at radius 2 is 0.943 bits per heavy atom. The molecule has 0 aliphatic carbocycles. The third-order valence-electron chi connectivity index (χ3n) is 6.86. The van der Waals surface area contributed by atoms with E-state index >= 15 is 0 Å². The van der Waals surface area contributed by atoms with E-state index in [1.165, 1.54) is 11.4 Å². The van der Waals surface area contributed by atoms with Gasteiger partial charge in [-0.1, -0.05) is 69.2 Å². The molecule has 0 aliphatic rings. The lowest BCUT2D eigenvalue weighted by Gasteiger charge is -2.34. The number of aromatic nitrogens is 6. The third kappa shape index (κ3) is 5.42. The Hall–Kier alpha value is -2.35. The molecule has 0 atom stereocenters. The van der Waals surface area contributed by atoms with E-state index in [-0.39, 0.29) is 5.92 Å². The molecule has 35 heavy (non-hydrogen) atoms. The van der Waals surface area contributed by atoms with Crippen molar-refractivity contribution in [1.82, 2.24) is 29.1 Å². The van der Waals surface area contributed by atoms with Crippen molar-refractivity contribution in [2.45, 2.75) is 118 Å². The third-order valence-corrected chi connectivity index (χ3v) is 6.86. The minimum atomic E-state index is -1.60. The van der Waals surface area contributed by atoms with Crippen molar-refractivity contribution in [1.29, 1.82) is 0 Å². The highest BCUT2D eigenvalue weighted by molar-refractivity contribution is 6.53. The molecule has 3 aromatic heterocycles. The number of hydrogen-bond donors (Lipinski definition) is 1. The maximum absolute atomic E-state index is 10.9. The van der Waals surface area contributed by atoms with Gasteiger partial charge in [-0.15, -0.1) is 0 Å². The van der Waals surface area contributed by atoms with E-state index in [2.05, 4.69) is 101 Å². The Balaban J connectivity index is 2.44. The van der Waals surface area contributed by atoms with Gasteiger partial charge in [0.05, 0.1) is 17.1 Å². The number of nitrogens with zero attached hydrogens (tertiary/aromatic N) is 6. The Kier molecular flexibility index (Phi) is 7.75. The van der Waals surface area contributed by atoms with Crippen LogP contribution >= 0.6 is 0 Å². The van der Waals surface area contributed by atoms with E-state index in [0.717, 1.165) is 17.1 Å². The van der Waals surface area contributed by atoms with E-state index in [0.29, 0.717) is 29.4 Å². The molecule has 0 amide bonds. The molecule has 7 nitrogen and oxygen atoms in total. The molecular formula is C27H46BN6O-. The molecule has 0 unspecified atom stereocenters. The molecule has 0 fully saturated rings. The largest absolute Gasteiger partial charge is 0.400 e. The summed E-state index contributed by atoms with van der Waals surface area (Å²) in [6.45, 7) is 25.6. The van der Waals surface area contributed by atoms with Gasteiger partial charge in [-0.3, -0.25) is 0 Å². The first-order valence-corrected chi connectivity index (χ1v) is 13.3. The fourth-order valence-electron chi connectivity index (χ4n) is 4.65. The van der Waals surface area contributed by atoms with Crippen LogP contribution < -0.4 is 0 Å². The van der Waals surface area contributed by atoms with Crippen LogP contribution in [0.4, 0.5) is 0 Å². The van der Waals surface area contributed by atoms with Crippen molar-refractivity contribution in [2.75, 3.05) is 0 Å². The van der Waals surface area contributed by atoms with Crippen LogP contribution in [-0.2, 0) is 5.60 Å². The summed E-state index contributed by atoms with van der Waals surface area (Å²) in [4.78, 5) is 0. The smallest absolute Gasteiger partial charge is 0.326 e. The highest BCUT2D eigenvalue weighted by Gasteiger charge is 2.29. The average Bonchev–Trinajstić information content (AvgIpc) is 3.45. The minimum absolute atomic E-state index is 0.221. The second-order valence-electron chi connectivity index (χ2n) is 12.2. The first kappa shape index (κ1) is 27.2. The van der Waals surface area contributed by atoms with Crippen LogP contribution in [0.5, 0.6) is 0 Å². The lowest BCUT2D eigenvalue weighted by molar-refractivity contribution is 0.0735. The van der Waals surface area contributed by atoms with E-state index < -0.39 is 12.7 Å². The zero-order valence-electron chi connectivity index (χ0n) is 24.0. The highest BCUT2D eigenvalue weighted by Crippen LogP contribution is 2.29. The topological polar surface area (TPSA) is 73.7 Å². The molecule has 0 aromatic carbocycles. The van der Waals surface area contributed by atoms with Crippen LogP contribution in [0.1, 0.15) is 147 Å². The lowest BCUT2D eigenvalue weighted by atomic mass is 9.89. The molecule has 0 saturated heterocycles. The maximum Gasteiger partial charge on any atom is 0.326 e. The summed E-state index contributed by atoms with van der Waals surface area (Å²) in [6.07, 6.45) is 0. The van der Waals surface area contributed by atoms with Crippen molar-refractivity contribution < 1.29 is 5.11 Å². The summed E-state index contributed by atoms with van der Waals surface area (Å²) in [7, 11) is -1.60. The minimum Gasteiger partial charge on any atom is -0.400 e. The van der Waals surface area contributed by atoms with Gasteiger partial charge in [0.2, 0.25) is 0 Å². The van der Waals surface area contributed by atoms with Crippen LogP contribution in [0.25, 0.3) is 0 Å². The Morgan fingerprint density at radius 1 is 0.600 bits per heavy atom. The van der Waals surface area contributed by atoms with Crippen molar-refractivity contribution in [3.8, 4) is 0 Å². The molecule has 0 aliphatic heterocycles. The molecule has 0 spiro atoms. The number of hydrogen-bond acceptors (Lipinski definition) is 4. The van der Waals surface area contributed by atoms with Gasteiger partial charge in [0.1, 0.15) is 5.60 Å². The predicted molar refractivity (Wildman–Crippen MR) is 146 cm³/mol. The second kappa shape index (κ2) is 9.96. The Bertz CT molecular complexity index is 1090. The zero-order chi connectivity index (χ0) is 26.4. The molecule has 3 aromatic rings. The first-order chi connectivity index (χ1) is 16.1. The van der Waals surface area contributed by atoms with Crippen LogP contribution in [0.15, 0.2) is 18.2 Å².